The number of halogens is 1. The van der Waals surface area contributed by atoms with Gasteiger partial charge in [0.1, 0.15) is 0 Å². The number of aryl methyl sites for hydroxylation is 1. The van der Waals surface area contributed by atoms with E-state index in [0.717, 1.165) is 54.2 Å². The first-order valence-corrected chi connectivity index (χ1v) is 9.73. The average Bonchev–Trinajstić information content (AvgIpc) is 2.61. The van der Waals surface area contributed by atoms with Crippen molar-refractivity contribution in [1.29, 1.82) is 0 Å². The molecule has 0 spiro atoms. The van der Waals surface area contributed by atoms with Crippen molar-refractivity contribution < 1.29 is 8.42 Å². The molecule has 0 unspecified atom stereocenters. The van der Waals surface area contributed by atoms with Gasteiger partial charge < -0.3 is 0 Å². The molecule has 0 aliphatic carbocycles. The van der Waals surface area contributed by atoms with Crippen molar-refractivity contribution in [3.63, 3.8) is 0 Å². The van der Waals surface area contributed by atoms with Gasteiger partial charge in [-0.1, -0.05) is 41.8 Å². The van der Waals surface area contributed by atoms with Crippen LogP contribution in [-0.2, 0) is 16.4 Å². The second-order valence-electron chi connectivity index (χ2n) is 5.33. The number of rotatable bonds is 5. The van der Waals surface area contributed by atoms with Crippen LogP contribution in [0.3, 0.4) is 0 Å². The number of fused-ring (bicyclic) bond motifs is 1. The maximum Gasteiger partial charge on any atom is 0.235 e. The van der Waals surface area contributed by atoms with E-state index in [2.05, 4.69) is 22.9 Å². The van der Waals surface area contributed by atoms with Gasteiger partial charge in [-0.05, 0) is 43.4 Å². The van der Waals surface area contributed by atoms with Gasteiger partial charge in [0.2, 0.25) is 10.0 Å². The molecule has 112 valence electrons. The van der Waals surface area contributed by atoms with Gasteiger partial charge in [-0.25, -0.2) is 8.42 Å². The number of unbranched alkanes of at least 4 members (excludes halogenated alkanes) is 2. The van der Waals surface area contributed by atoms with E-state index in [1.54, 1.807) is 4.31 Å². The average molecular weight is 360 g/mol. The first-order valence-electron chi connectivity index (χ1n) is 7.33. The zero-order chi connectivity index (χ0) is 14.6. The fraction of sp³-hybridized carbons (Fsp3) is 0.600. The molecule has 1 aliphatic rings. The summed E-state index contributed by atoms with van der Waals surface area (Å²) in [5.74, 6) is 0.257. The molecule has 0 saturated heterocycles. The topological polar surface area (TPSA) is 37.4 Å². The van der Waals surface area contributed by atoms with Crippen LogP contribution in [-0.4, -0.2) is 20.7 Å². The van der Waals surface area contributed by atoms with Gasteiger partial charge in [-0.2, -0.15) is 0 Å². The fourth-order valence-corrected chi connectivity index (χ4v) is 4.62. The molecule has 1 aliphatic heterocycles. The first-order chi connectivity index (χ1) is 9.54. The summed E-state index contributed by atoms with van der Waals surface area (Å²) in [5, 5.41) is 0. The Bertz CT molecular complexity index is 557. The summed E-state index contributed by atoms with van der Waals surface area (Å²) in [6.07, 6.45) is 5.70. The van der Waals surface area contributed by atoms with E-state index >= 15 is 0 Å². The third kappa shape index (κ3) is 3.76. The van der Waals surface area contributed by atoms with Crippen molar-refractivity contribution in [2.45, 2.75) is 45.4 Å². The Morgan fingerprint density at radius 2 is 2.05 bits per heavy atom. The molecule has 0 saturated carbocycles. The zero-order valence-electron chi connectivity index (χ0n) is 11.9. The molecular weight excluding hydrogens is 338 g/mol. The molecule has 0 fully saturated rings. The van der Waals surface area contributed by atoms with E-state index in [1.165, 1.54) is 0 Å². The third-order valence-electron chi connectivity index (χ3n) is 3.71. The molecule has 1 aromatic carbocycles. The molecule has 0 N–H and O–H groups in total. The molecule has 0 bridgehead atoms. The molecule has 0 atom stereocenters. The highest BCUT2D eigenvalue weighted by Crippen LogP contribution is 2.31. The maximum atomic E-state index is 12.6. The lowest BCUT2D eigenvalue weighted by atomic mass is 10.1. The summed E-state index contributed by atoms with van der Waals surface area (Å²) in [7, 11) is -3.20. The van der Waals surface area contributed by atoms with Crippen LogP contribution < -0.4 is 4.31 Å². The fourth-order valence-electron chi connectivity index (χ4n) is 2.61. The van der Waals surface area contributed by atoms with E-state index in [9.17, 15) is 8.42 Å². The van der Waals surface area contributed by atoms with Gasteiger partial charge in [-0.15, -0.1) is 0 Å². The van der Waals surface area contributed by atoms with Crippen LogP contribution >= 0.6 is 15.9 Å². The van der Waals surface area contributed by atoms with E-state index in [4.69, 9.17) is 0 Å². The minimum absolute atomic E-state index is 0.257. The summed E-state index contributed by atoms with van der Waals surface area (Å²) in [5.41, 5.74) is 2.01. The molecule has 1 aromatic rings. The predicted molar refractivity (Wildman–Crippen MR) is 87.7 cm³/mol. The molecule has 5 heteroatoms. The third-order valence-corrected chi connectivity index (χ3v) is 6.06. The number of anilines is 1. The summed E-state index contributed by atoms with van der Waals surface area (Å²) in [6.45, 7) is 2.70. The van der Waals surface area contributed by atoms with Crippen molar-refractivity contribution in [2.75, 3.05) is 16.6 Å². The molecule has 3 nitrogen and oxygen atoms in total. The Labute approximate surface area is 130 Å². The maximum absolute atomic E-state index is 12.6. The van der Waals surface area contributed by atoms with Gasteiger partial charge in [0.25, 0.3) is 0 Å². The Hall–Kier alpha value is -0.550. The van der Waals surface area contributed by atoms with Gasteiger partial charge in [0.05, 0.1) is 11.4 Å². The number of nitrogens with zero attached hydrogens (tertiary/aromatic N) is 1. The Morgan fingerprint density at radius 3 is 2.80 bits per heavy atom. The van der Waals surface area contributed by atoms with Crippen molar-refractivity contribution in [2.24, 2.45) is 0 Å². The smallest absolute Gasteiger partial charge is 0.235 e. The molecule has 0 aromatic heterocycles. The summed E-state index contributed by atoms with van der Waals surface area (Å²) < 4.78 is 27.8. The van der Waals surface area contributed by atoms with Crippen LogP contribution in [0, 0.1) is 0 Å². The molecule has 1 heterocycles. The quantitative estimate of drug-likeness (QED) is 0.741. The first kappa shape index (κ1) is 15.8. The lowest BCUT2D eigenvalue weighted by Gasteiger charge is -2.24. The Balaban J connectivity index is 2.29. The van der Waals surface area contributed by atoms with E-state index in [-0.39, 0.29) is 5.75 Å². The zero-order valence-corrected chi connectivity index (χ0v) is 14.3. The monoisotopic (exact) mass is 359 g/mol. The van der Waals surface area contributed by atoms with Gasteiger partial charge >= 0.3 is 0 Å². The summed E-state index contributed by atoms with van der Waals surface area (Å²) in [6, 6.07) is 5.98. The number of benzene rings is 1. The molecule has 0 radical (unpaired) electrons. The van der Waals surface area contributed by atoms with Crippen molar-refractivity contribution in [3.8, 4) is 0 Å². The van der Waals surface area contributed by atoms with Gasteiger partial charge in [-0.3, -0.25) is 4.31 Å². The molecule has 2 rings (SSSR count). The summed E-state index contributed by atoms with van der Waals surface area (Å²) in [4.78, 5) is 0. The lowest BCUT2D eigenvalue weighted by molar-refractivity contribution is 0.584. The second kappa shape index (κ2) is 6.94. The van der Waals surface area contributed by atoms with Crippen molar-refractivity contribution in [3.05, 3.63) is 28.2 Å². The molecule has 0 amide bonds. The second-order valence-corrected chi connectivity index (χ2v) is 8.25. The SMILES string of the molecule is CCCCCS(=O)(=O)N1CCCCc2ccc(Br)cc21. The number of sulfonamides is 1. The number of hydrogen-bond donors (Lipinski definition) is 0. The van der Waals surface area contributed by atoms with Crippen LogP contribution in [0.5, 0.6) is 0 Å². The highest BCUT2D eigenvalue weighted by atomic mass is 79.9. The van der Waals surface area contributed by atoms with Crippen molar-refractivity contribution >= 4 is 31.6 Å². The van der Waals surface area contributed by atoms with Crippen LogP contribution in [0.2, 0.25) is 0 Å². The highest BCUT2D eigenvalue weighted by Gasteiger charge is 2.25. The normalized spacial score (nSPS) is 15.8. The van der Waals surface area contributed by atoms with Crippen molar-refractivity contribution in [1.82, 2.24) is 0 Å². The van der Waals surface area contributed by atoms with Crippen LogP contribution in [0.1, 0.15) is 44.6 Å². The van der Waals surface area contributed by atoms with E-state index in [0.29, 0.717) is 6.54 Å². The predicted octanol–water partition coefficient (Wildman–Crippen LogP) is 4.11. The van der Waals surface area contributed by atoms with Gasteiger partial charge in [0, 0.05) is 11.0 Å². The minimum Gasteiger partial charge on any atom is -0.270 e. The standard InChI is InChI=1S/C15H22BrNO2S/c1-2-3-6-11-20(18,19)17-10-5-4-7-13-8-9-14(16)12-15(13)17/h8-9,12H,2-7,10-11H2,1H3. The minimum atomic E-state index is -3.20. The lowest BCUT2D eigenvalue weighted by Crippen LogP contribution is -2.33. The molecule has 20 heavy (non-hydrogen) atoms. The molecular formula is C15H22BrNO2S. The highest BCUT2D eigenvalue weighted by molar-refractivity contribution is 9.10. The Morgan fingerprint density at radius 1 is 1.25 bits per heavy atom. The Kier molecular flexibility index (Phi) is 5.49. The van der Waals surface area contributed by atoms with Crippen LogP contribution in [0.15, 0.2) is 22.7 Å². The largest absolute Gasteiger partial charge is 0.270 e. The van der Waals surface area contributed by atoms with Gasteiger partial charge in [0.15, 0.2) is 0 Å². The van der Waals surface area contributed by atoms with Crippen LogP contribution in [0.25, 0.3) is 0 Å². The van der Waals surface area contributed by atoms with E-state index < -0.39 is 10.0 Å². The summed E-state index contributed by atoms with van der Waals surface area (Å²) >= 11 is 3.45. The van der Waals surface area contributed by atoms with Crippen LogP contribution in [0.4, 0.5) is 5.69 Å². The number of hydrogen-bond acceptors (Lipinski definition) is 2. The van der Waals surface area contributed by atoms with E-state index in [1.807, 2.05) is 18.2 Å².